The van der Waals surface area contributed by atoms with Crippen molar-refractivity contribution in [1.82, 2.24) is 10.6 Å². The molecule has 142 valence electrons. The van der Waals surface area contributed by atoms with Crippen LogP contribution in [-0.2, 0) is 14.3 Å². The molecule has 2 N–H and O–H groups in total. The minimum absolute atomic E-state index is 0.0354. The molecule has 0 heterocycles. The molecule has 0 saturated heterocycles. The van der Waals surface area contributed by atoms with Crippen LogP contribution in [-0.4, -0.2) is 37.2 Å². The number of halogens is 1. The Balaban J connectivity index is 1.65. The first-order valence-electron chi connectivity index (χ1n) is 8.59. The number of benzene rings is 1. The second kappa shape index (κ2) is 9.74. The first-order chi connectivity index (χ1) is 12.5. The van der Waals surface area contributed by atoms with Crippen molar-refractivity contribution in [1.29, 1.82) is 0 Å². The van der Waals surface area contributed by atoms with Crippen LogP contribution in [0.5, 0.6) is 5.75 Å². The van der Waals surface area contributed by atoms with Crippen molar-refractivity contribution in [2.45, 2.75) is 38.6 Å². The average Bonchev–Trinajstić information content (AvgIpc) is 2.61. The number of rotatable bonds is 6. The maximum absolute atomic E-state index is 13.3. The van der Waals surface area contributed by atoms with E-state index in [1.54, 1.807) is 6.07 Å². The molecular formula is C18H23FN2O5. The number of amides is 3. The van der Waals surface area contributed by atoms with Gasteiger partial charge in [0.15, 0.2) is 24.8 Å². The van der Waals surface area contributed by atoms with Crippen molar-refractivity contribution in [2.24, 2.45) is 5.92 Å². The molecule has 3 amide bonds. The summed E-state index contributed by atoms with van der Waals surface area (Å²) in [5, 5.41) is 4.88. The van der Waals surface area contributed by atoms with E-state index in [9.17, 15) is 18.8 Å². The third kappa shape index (κ3) is 6.34. The zero-order valence-corrected chi connectivity index (χ0v) is 14.6. The molecule has 1 saturated carbocycles. The highest BCUT2D eigenvalue weighted by molar-refractivity contribution is 5.95. The smallest absolute Gasteiger partial charge is 0.344 e. The number of esters is 1. The molecule has 0 aliphatic heterocycles. The van der Waals surface area contributed by atoms with Crippen molar-refractivity contribution in [3.05, 3.63) is 30.1 Å². The van der Waals surface area contributed by atoms with Crippen LogP contribution in [0.15, 0.2) is 24.3 Å². The molecule has 1 aromatic rings. The van der Waals surface area contributed by atoms with Crippen molar-refractivity contribution >= 4 is 17.9 Å². The van der Waals surface area contributed by atoms with E-state index in [0.29, 0.717) is 5.92 Å². The van der Waals surface area contributed by atoms with Crippen LogP contribution in [0.3, 0.4) is 0 Å². The second-order valence-corrected chi connectivity index (χ2v) is 6.27. The maximum atomic E-state index is 13.3. The maximum Gasteiger partial charge on any atom is 0.344 e. The van der Waals surface area contributed by atoms with Gasteiger partial charge in [-0.1, -0.05) is 31.9 Å². The van der Waals surface area contributed by atoms with Crippen LogP contribution >= 0.6 is 0 Å². The van der Waals surface area contributed by atoms with E-state index in [-0.39, 0.29) is 11.8 Å². The first-order valence-corrected chi connectivity index (χ1v) is 8.59. The van der Waals surface area contributed by atoms with Gasteiger partial charge in [0, 0.05) is 6.04 Å². The summed E-state index contributed by atoms with van der Waals surface area (Å²) in [4.78, 5) is 35.0. The van der Waals surface area contributed by atoms with Gasteiger partial charge in [-0.15, -0.1) is 0 Å². The molecule has 1 aliphatic rings. The van der Waals surface area contributed by atoms with Gasteiger partial charge < -0.3 is 14.8 Å². The lowest BCUT2D eigenvalue weighted by Crippen LogP contribution is -2.48. The Morgan fingerprint density at radius 2 is 1.88 bits per heavy atom. The summed E-state index contributed by atoms with van der Waals surface area (Å²) in [7, 11) is 0. The Bertz CT molecular complexity index is 652. The molecule has 0 unspecified atom stereocenters. The van der Waals surface area contributed by atoms with Crippen molar-refractivity contribution in [3.63, 3.8) is 0 Å². The van der Waals surface area contributed by atoms with Crippen molar-refractivity contribution < 1.29 is 28.2 Å². The van der Waals surface area contributed by atoms with E-state index < -0.39 is 36.9 Å². The third-order valence-electron chi connectivity index (χ3n) is 4.23. The summed E-state index contributed by atoms with van der Waals surface area (Å²) in [6, 6.07) is 5.04. The summed E-state index contributed by atoms with van der Waals surface area (Å²) in [5.41, 5.74) is 0. The van der Waals surface area contributed by atoms with Gasteiger partial charge in [-0.3, -0.25) is 10.1 Å². The number of imide groups is 1. The van der Waals surface area contributed by atoms with E-state index >= 15 is 0 Å². The Hall–Kier alpha value is -2.64. The lowest BCUT2D eigenvalue weighted by molar-refractivity contribution is -0.150. The molecule has 26 heavy (non-hydrogen) atoms. The van der Waals surface area contributed by atoms with Gasteiger partial charge >= 0.3 is 12.0 Å². The fourth-order valence-corrected chi connectivity index (χ4v) is 2.78. The van der Waals surface area contributed by atoms with Gasteiger partial charge in [-0.2, -0.15) is 0 Å². The number of ether oxygens (including phenoxy) is 2. The van der Waals surface area contributed by atoms with E-state index in [1.807, 2.05) is 0 Å². The minimum Gasteiger partial charge on any atom is -0.479 e. The Morgan fingerprint density at radius 3 is 2.62 bits per heavy atom. The van der Waals surface area contributed by atoms with Gasteiger partial charge in [-0.25, -0.2) is 14.0 Å². The number of urea groups is 1. The van der Waals surface area contributed by atoms with Crippen LogP contribution < -0.4 is 15.4 Å². The second-order valence-electron chi connectivity index (χ2n) is 6.27. The molecule has 1 fully saturated rings. The topological polar surface area (TPSA) is 93.7 Å². The number of para-hydroxylation sites is 1. The number of nitrogens with one attached hydrogen (secondary N) is 2. The Labute approximate surface area is 151 Å². The Morgan fingerprint density at radius 1 is 1.15 bits per heavy atom. The normalized spacial score (nSPS) is 19.3. The molecule has 0 spiro atoms. The SMILES string of the molecule is C[C@H]1CCCC[C@@H]1NC(=O)NC(=O)COC(=O)COc1ccccc1F. The quantitative estimate of drug-likeness (QED) is 0.753. The first kappa shape index (κ1) is 19.7. The fourth-order valence-electron chi connectivity index (χ4n) is 2.78. The van der Waals surface area contributed by atoms with Gasteiger partial charge in [0.05, 0.1) is 0 Å². The number of hydrogen-bond donors (Lipinski definition) is 2. The van der Waals surface area contributed by atoms with Crippen LogP contribution in [0, 0.1) is 11.7 Å². The molecule has 2 atom stereocenters. The molecule has 2 rings (SSSR count). The average molecular weight is 366 g/mol. The van der Waals surface area contributed by atoms with Crippen molar-refractivity contribution in [3.8, 4) is 5.75 Å². The van der Waals surface area contributed by atoms with Gasteiger partial charge in [0.2, 0.25) is 0 Å². The summed E-state index contributed by atoms with van der Waals surface area (Å²) >= 11 is 0. The van der Waals surface area contributed by atoms with E-state index in [2.05, 4.69) is 17.6 Å². The zero-order valence-electron chi connectivity index (χ0n) is 14.6. The van der Waals surface area contributed by atoms with E-state index in [0.717, 1.165) is 25.7 Å². The van der Waals surface area contributed by atoms with Gasteiger partial charge in [-0.05, 0) is 30.9 Å². The van der Waals surface area contributed by atoms with E-state index in [4.69, 9.17) is 9.47 Å². The highest BCUT2D eigenvalue weighted by Crippen LogP contribution is 2.23. The van der Waals surface area contributed by atoms with E-state index in [1.165, 1.54) is 18.2 Å². The van der Waals surface area contributed by atoms with Crippen LogP contribution in [0.1, 0.15) is 32.6 Å². The molecule has 7 nitrogen and oxygen atoms in total. The number of carbonyl (C=O) groups is 3. The van der Waals surface area contributed by atoms with Crippen molar-refractivity contribution in [2.75, 3.05) is 13.2 Å². The van der Waals surface area contributed by atoms with Gasteiger partial charge in [0.25, 0.3) is 5.91 Å². The monoisotopic (exact) mass is 366 g/mol. The zero-order chi connectivity index (χ0) is 18.9. The van der Waals surface area contributed by atoms with Crippen LogP contribution in [0.25, 0.3) is 0 Å². The van der Waals surface area contributed by atoms with Gasteiger partial charge in [0.1, 0.15) is 0 Å². The largest absolute Gasteiger partial charge is 0.479 e. The molecule has 1 aliphatic carbocycles. The lowest BCUT2D eigenvalue weighted by atomic mass is 9.86. The standard InChI is InChI=1S/C18H23FN2O5/c1-12-6-2-4-8-14(12)20-18(24)21-16(22)10-26-17(23)11-25-15-9-5-3-7-13(15)19/h3,5,7,9,12,14H,2,4,6,8,10-11H2,1H3,(H2,20,21,22,24)/t12-,14-/m0/s1. The molecular weight excluding hydrogens is 343 g/mol. The number of hydrogen-bond acceptors (Lipinski definition) is 5. The summed E-state index contributed by atoms with van der Waals surface area (Å²) in [6.07, 6.45) is 4.11. The highest BCUT2D eigenvalue weighted by Gasteiger charge is 2.23. The summed E-state index contributed by atoms with van der Waals surface area (Å²) < 4.78 is 23.0. The predicted molar refractivity (Wildman–Crippen MR) is 90.9 cm³/mol. The number of carbonyl (C=O) groups excluding carboxylic acids is 3. The summed E-state index contributed by atoms with van der Waals surface area (Å²) in [5.74, 6) is -1.92. The van der Waals surface area contributed by atoms with Crippen LogP contribution in [0.2, 0.25) is 0 Å². The molecule has 0 bridgehead atoms. The third-order valence-corrected chi connectivity index (χ3v) is 4.23. The Kier molecular flexibility index (Phi) is 7.37. The lowest BCUT2D eigenvalue weighted by Gasteiger charge is -2.29. The van der Waals surface area contributed by atoms with Crippen LogP contribution in [0.4, 0.5) is 9.18 Å². The molecule has 0 aromatic heterocycles. The predicted octanol–water partition coefficient (Wildman–Crippen LogP) is 2.15. The molecule has 8 heteroatoms. The fraction of sp³-hybridized carbons (Fsp3) is 0.500. The minimum atomic E-state index is -0.843. The summed E-state index contributed by atoms with van der Waals surface area (Å²) in [6.45, 7) is 0.899. The molecule has 1 aromatic carbocycles. The molecule has 0 radical (unpaired) electrons. The highest BCUT2D eigenvalue weighted by atomic mass is 19.1.